The molecule has 5 rings (SSSR count). The molecule has 0 saturated carbocycles. The van der Waals surface area contributed by atoms with Crippen molar-refractivity contribution >= 4 is 17.5 Å². The third-order valence-electron chi connectivity index (χ3n) is 7.69. The molecule has 0 radical (unpaired) electrons. The smallest absolute Gasteiger partial charge is 0.232 e. The molecule has 174 valence electrons. The normalized spacial score (nSPS) is 25.4. The average Bonchev–Trinajstić information content (AvgIpc) is 3.40. The average molecular weight is 447 g/mol. The van der Waals surface area contributed by atoms with E-state index in [0.717, 1.165) is 56.7 Å². The zero-order valence-electron chi connectivity index (χ0n) is 19.5. The zero-order valence-corrected chi connectivity index (χ0v) is 19.5. The van der Waals surface area contributed by atoms with Gasteiger partial charge in [0.25, 0.3) is 0 Å². The van der Waals surface area contributed by atoms with Crippen molar-refractivity contribution in [2.45, 2.75) is 37.6 Å². The van der Waals surface area contributed by atoms with E-state index in [2.05, 4.69) is 70.6 Å². The molecule has 3 heterocycles. The first-order valence-corrected chi connectivity index (χ1v) is 12.2. The van der Waals surface area contributed by atoms with Gasteiger partial charge in [0.2, 0.25) is 11.8 Å². The lowest BCUT2D eigenvalue weighted by Gasteiger charge is -2.36. The summed E-state index contributed by atoms with van der Waals surface area (Å²) in [5.41, 5.74) is 2.83. The molecule has 0 unspecified atom stereocenters. The number of rotatable bonds is 6. The van der Waals surface area contributed by atoms with Crippen molar-refractivity contribution in [1.29, 1.82) is 0 Å². The molecule has 6 heteroatoms. The lowest BCUT2D eigenvalue weighted by Crippen LogP contribution is -2.51. The molecular weight excluding hydrogens is 412 g/mol. The second kappa shape index (κ2) is 9.18. The van der Waals surface area contributed by atoms with Crippen molar-refractivity contribution in [2.75, 3.05) is 50.7 Å². The predicted molar refractivity (Wildman–Crippen MR) is 130 cm³/mol. The number of piperazine rings is 1. The number of carbonyl (C=O) groups excluding carboxylic acids is 2. The first-order chi connectivity index (χ1) is 16.0. The van der Waals surface area contributed by atoms with Crippen LogP contribution in [0.2, 0.25) is 0 Å². The summed E-state index contributed by atoms with van der Waals surface area (Å²) < 4.78 is 0. The Labute approximate surface area is 196 Å². The third kappa shape index (κ3) is 4.36. The van der Waals surface area contributed by atoms with E-state index in [1.807, 2.05) is 11.0 Å². The maximum Gasteiger partial charge on any atom is 0.232 e. The fourth-order valence-corrected chi connectivity index (χ4v) is 5.79. The summed E-state index contributed by atoms with van der Waals surface area (Å²) in [6, 6.07) is 19.0. The summed E-state index contributed by atoms with van der Waals surface area (Å²) in [7, 11) is 0. The minimum absolute atomic E-state index is 0.0678. The Morgan fingerprint density at radius 2 is 1.85 bits per heavy atom. The van der Waals surface area contributed by atoms with Crippen LogP contribution in [0, 0.1) is 6.92 Å². The summed E-state index contributed by atoms with van der Waals surface area (Å²) in [6.07, 6.45) is 2.21. The van der Waals surface area contributed by atoms with Crippen molar-refractivity contribution in [3.63, 3.8) is 0 Å². The molecule has 1 N–H and O–H groups in total. The van der Waals surface area contributed by atoms with Gasteiger partial charge >= 0.3 is 0 Å². The molecule has 2 atom stereocenters. The molecule has 0 spiro atoms. The highest BCUT2D eigenvalue weighted by atomic mass is 16.2. The van der Waals surface area contributed by atoms with Gasteiger partial charge in [-0.3, -0.25) is 14.5 Å². The number of carbonyl (C=O) groups is 2. The van der Waals surface area contributed by atoms with E-state index in [9.17, 15) is 9.59 Å². The Hall–Kier alpha value is -2.86. The molecular formula is C27H34N4O2. The van der Waals surface area contributed by atoms with Gasteiger partial charge < -0.3 is 15.1 Å². The van der Waals surface area contributed by atoms with Crippen molar-refractivity contribution < 1.29 is 9.59 Å². The SMILES string of the molecule is Cc1cccc([C@]2(C(=O)NCCN3CCN(c4ccccc4)CC3)C[C@@H]3CCC(=O)N3C2)c1. The van der Waals surface area contributed by atoms with E-state index in [4.69, 9.17) is 0 Å². The van der Waals surface area contributed by atoms with Crippen molar-refractivity contribution in [3.05, 3.63) is 65.7 Å². The lowest BCUT2D eigenvalue weighted by molar-refractivity contribution is -0.129. The standard InChI is InChI=1S/C27H34N4O2/c1-21-6-5-7-22(18-21)27(19-24-10-11-25(32)31(24)20-27)26(33)28-12-13-29-14-16-30(17-15-29)23-8-3-2-4-9-23/h2-9,18,24H,10-17,19-20H2,1H3,(H,28,33)/t24-,27-/m0/s1. The van der Waals surface area contributed by atoms with Gasteiger partial charge in [0.15, 0.2) is 0 Å². The van der Waals surface area contributed by atoms with E-state index in [1.54, 1.807) is 0 Å². The maximum atomic E-state index is 13.6. The first kappa shape index (κ1) is 22.0. The van der Waals surface area contributed by atoms with Gasteiger partial charge in [0.05, 0.1) is 5.41 Å². The summed E-state index contributed by atoms with van der Waals surface area (Å²) in [5.74, 6) is 0.261. The van der Waals surface area contributed by atoms with Crippen LogP contribution < -0.4 is 10.2 Å². The quantitative estimate of drug-likeness (QED) is 0.741. The summed E-state index contributed by atoms with van der Waals surface area (Å²) >= 11 is 0. The van der Waals surface area contributed by atoms with E-state index in [1.165, 1.54) is 5.69 Å². The number of hydrogen-bond donors (Lipinski definition) is 1. The van der Waals surface area contributed by atoms with Crippen molar-refractivity contribution in [2.24, 2.45) is 0 Å². The number of anilines is 1. The minimum Gasteiger partial charge on any atom is -0.369 e. The van der Waals surface area contributed by atoms with Crippen LogP contribution in [0.5, 0.6) is 0 Å². The molecule has 3 aliphatic heterocycles. The van der Waals surface area contributed by atoms with Gasteiger partial charge in [-0.2, -0.15) is 0 Å². The highest BCUT2D eigenvalue weighted by Gasteiger charge is 2.53. The Morgan fingerprint density at radius 1 is 1.06 bits per heavy atom. The number of nitrogens with zero attached hydrogens (tertiary/aromatic N) is 3. The van der Waals surface area contributed by atoms with Gasteiger partial charge in [-0.1, -0.05) is 48.0 Å². The Morgan fingerprint density at radius 3 is 2.58 bits per heavy atom. The number of aryl methyl sites for hydroxylation is 1. The number of hydrogen-bond acceptors (Lipinski definition) is 4. The van der Waals surface area contributed by atoms with Crippen LogP contribution in [0.25, 0.3) is 0 Å². The molecule has 0 bridgehead atoms. The van der Waals surface area contributed by atoms with Crippen LogP contribution in [0.4, 0.5) is 5.69 Å². The topological polar surface area (TPSA) is 55.9 Å². The molecule has 0 aliphatic carbocycles. The summed E-state index contributed by atoms with van der Waals surface area (Å²) in [6.45, 7) is 8.05. The number of benzene rings is 2. The molecule has 3 fully saturated rings. The van der Waals surface area contributed by atoms with Crippen LogP contribution in [0.1, 0.15) is 30.4 Å². The Bertz CT molecular complexity index is 1000. The Kier molecular flexibility index (Phi) is 6.11. The summed E-state index contributed by atoms with van der Waals surface area (Å²) in [4.78, 5) is 32.8. The Balaban J connectivity index is 1.20. The van der Waals surface area contributed by atoms with E-state index < -0.39 is 5.41 Å². The van der Waals surface area contributed by atoms with E-state index in [0.29, 0.717) is 19.5 Å². The number of nitrogens with one attached hydrogen (secondary N) is 1. The number of amides is 2. The zero-order chi connectivity index (χ0) is 22.8. The second-order valence-corrected chi connectivity index (χ2v) is 9.79. The minimum atomic E-state index is -0.640. The van der Waals surface area contributed by atoms with Crippen molar-refractivity contribution in [3.8, 4) is 0 Å². The first-order valence-electron chi connectivity index (χ1n) is 12.2. The fraction of sp³-hybridized carbons (Fsp3) is 0.481. The van der Waals surface area contributed by atoms with Crippen LogP contribution in [0.3, 0.4) is 0 Å². The molecule has 0 aromatic heterocycles. The van der Waals surface area contributed by atoms with E-state index >= 15 is 0 Å². The second-order valence-electron chi connectivity index (χ2n) is 9.79. The number of fused-ring (bicyclic) bond motifs is 1. The highest BCUT2D eigenvalue weighted by molar-refractivity contribution is 5.91. The van der Waals surface area contributed by atoms with Crippen LogP contribution >= 0.6 is 0 Å². The monoisotopic (exact) mass is 446 g/mol. The van der Waals surface area contributed by atoms with Gasteiger partial charge in [-0.25, -0.2) is 0 Å². The lowest BCUT2D eigenvalue weighted by atomic mass is 9.76. The molecule has 2 amide bonds. The van der Waals surface area contributed by atoms with Gasteiger partial charge in [-0.05, 0) is 37.5 Å². The van der Waals surface area contributed by atoms with Crippen LogP contribution in [-0.4, -0.2) is 73.5 Å². The van der Waals surface area contributed by atoms with Crippen LogP contribution in [0.15, 0.2) is 54.6 Å². The van der Waals surface area contributed by atoms with E-state index in [-0.39, 0.29) is 17.9 Å². The van der Waals surface area contributed by atoms with Gasteiger partial charge in [0.1, 0.15) is 0 Å². The highest BCUT2D eigenvalue weighted by Crippen LogP contribution is 2.43. The van der Waals surface area contributed by atoms with Crippen molar-refractivity contribution in [1.82, 2.24) is 15.1 Å². The maximum absolute atomic E-state index is 13.6. The molecule has 33 heavy (non-hydrogen) atoms. The summed E-state index contributed by atoms with van der Waals surface area (Å²) in [5, 5.41) is 3.25. The van der Waals surface area contributed by atoms with Gasteiger partial charge in [0, 0.05) is 64.0 Å². The largest absolute Gasteiger partial charge is 0.369 e. The third-order valence-corrected chi connectivity index (χ3v) is 7.69. The molecule has 3 saturated heterocycles. The molecule has 3 aliphatic rings. The molecule has 6 nitrogen and oxygen atoms in total. The predicted octanol–water partition coefficient (Wildman–Crippen LogP) is 2.57. The fourth-order valence-electron chi connectivity index (χ4n) is 5.79. The van der Waals surface area contributed by atoms with Gasteiger partial charge in [-0.15, -0.1) is 0 Å². The number of para-hydroxylation sites is 1. The van der Waals surface area contributed by atoms with Crippen LogP contribution in [-0.2, 0) is 15.0 Å². The molecule has 2 aromatic carbocycles. The molecule has 2 aromatic rings.